The van der Waals surface area contributed by atoms with E-state index in [0.29, 0.717) is 35.6 Å². The Kier molecular flexibility index (Phi) is 4.35. The minimum atomic E-state index is -3.28. The van der Waals surface area contributed by atoms with Crippen molar-refractivity contribution >= 4 is 26.8 Å². The van der Waals surface area contributed by atoms with Crippen LogP contribution in [0.5, 0.6) is 0 Å². The molecule has 0 saturated carbocycles. The monoisotopic (exact) mass is 323 g/mol. The van der Waals surface area contributed by atoms with Crippen LogP contribution in [0.3, 0.4) is 0 Å². The first kappa shape index (κ1) is 15.3. The van der Waals surface area contributed by atoms with E-state index in [1.807, 2.05) is 6.92 Å². The van der Waals surface area contributed by atoms with Crippen molar-refractivity contribution in [3.63, 3.8) is 0 Å². The fraction of sp³-hybridized carbons (Fsp3) is 0.533. The highest BCUT2D eigenvalue weighted by atomic mass is 32.2. The molecule has 22 heavy (non-hydrogen) atoms. The first-order valence-corrected chi connectivity index (χ1v) is 9.33. The van der Waals surface area contributed by atoms with E-state index in [2.05, 4.69) is 14.6 Å². The first-order chi connectivity index (χ1) is 10.6. The highest BCUT2D eigenvalue weighted by Gasteiger charge is 2.16. The zero-order valence-electron chi connectivity index (χ0n) is 12.7. The lowest BCUT2D eigenvalue weighted by Gasteiger charge is -2.10. The lowest BCUT2D eigenvalue weighted by molar-refractivity contribution is 0.295. The van der Waals surface area contributed by atoms with Gasteiger partial charge in [0.25, 0.3) is 0 Å². The molecule has 1 saturated heterocycles. The van der Waals surface area contributed by atoms with Crippen LogP contribution < -0.4 is 4.72 Å². The molecular formula is C15H21N3O3S. The number of anilines is 1. The standard InChI is InChI=1S/C15H21N3O3S/c1-2-9-22(19,20)17-12-5-6-14-13(10-12)16-15(21-14)11-18-7-3-4-8-18/h5-6,10,17H,2-4,7-9,11H2,1H3. The van der Waals surface area contributed by atoms with Gasteiger partial charge in [-0.05, 0) is 50.6 Å². The number of hydrogen-bond donors (Lipinski definition) is 1. The van der Waals surface area contributed by atoms with Crippen LogP contribution in [-0.4, -0.2) is 37.1 Å². The number of sulfonamides is 1. The summed E-state index contributed by atoms with van der Waals surface area (Å²) in [5.74, 6) is 0.801. The van der Waals surface area contributed by atoms with Crippen molar-refractivity contribution in [3.05, 3.63) is 24.1 Å². The van der Waals surface area contributed by atoms with Gasteiger partial charge >= 0.3 is 0 Å². The van der Waals surface area contributed by atoms with Gasteiger partial charge in [-0.3, -0.25) is 9.62 Å². The van der Waals surface area contributed by atoms with E-state index in [-0.39, 0.29) is 5.75 Å². The summed E-state index contributed by atoms with van der Waals surface area (Å²) in [5, 5.41) is 0. The second-order valence-electron chi connectivity index (χ2n) is 5.69. The molecular weight excluding hydrogens is 302 g/mol. The van der Waals surface area contributed by atoms with Crippen molar-refractivity contribution in [3.8, 4) is 0 Å². The van der Waals surface area contributed by atoms with Crippen LogP contribution in [0.4, 0.5) is 5.69 Å². The van der Waals surface area contributed by atoms with E-state index < -0.39 is 10.0 Å². The molecule has 1 fully saturated rings. The van der Waals surface area contributed by atoms with Gasteiger partial charge in [0.15, 0.2) is 5.58 Å². The predicted molar refractivity (Wildman–Crippen MR) is 86.2 cm³/mol. The molecule has 7 heteroatoms. The van der Waals surface area contributed by atoms with Crippen LogP contribution in [0.2, 0.25) is 0 Å². The number of rotatable bonds is 6. The second-order valence-corrected chi connectivity index (χ2v) is 7.54. The van der Waals surface area contributed by atoms with Crippen molar-refractivity contribution in [2.75, 3.05) is 23.6 Å². The number of benzene rings is 1. The number of fused-ring (bicyclic) bond motifs is 1. The summed E-state index contributed by atoms with van der Waals surface area (Å²) >= 11 is 0. The van der Waals surface area contributed by atoms with E-state index in [9.17, 15) is 8.42 Å². The smallest absolute Gasteiger partial charge is 0.232 e. The summed E-state index contributed by atoms with van der Waals surface area (Å²) in [6, 6.07) is 5.19. The molecule has 2 heterocycles. The van der Waals surface area contributed by atoms with Gasteiger partial charge in [-0.25, -0.2) is 13.4 Å². The quantitative estimate of drug-likeness (QED) is 0.884. The SMILES string of the molecule is CCCS(=O)(=O)Nc1ccc2oc(CN3CCCC3)nc2c1. The topological polar surface area (TPSA) is 75.4 Å². The maximum atomic E-state index is 11.8. The van der Waals surface area contributed by atoms with E-state index in [4.69, 9.17) is 4.42 Å². The zero-order chi connectivity index (χ0) is 15.6. The van der Waals surface area contributed by atoms with Crippen molar-refractivity contribution in [1.29, 1.82) is 0 Å². The van der Waals surface area contributed by atoms with Crippen molar-refractivity contribution in [2.45, 2.75) is 32.7 Å². The summed E-state index contributed by atoms with van der Waals surface area (Å²) in [4.78, 5) is 6.78. The van der Waals surface area contributed by atoms with E-state index >= 15 is 0 Å². The minimum absolute atomic E-state index is 0.115. The van der Waals surface area contributed by atoms with Crippen LogP contribution in [0.15, 0.2) is 22.6 Å². The van der Waals surface area contributed by atoms with Crippen molar-refractivity contribution in [1.82, 2.24) is 9.88 Å². The Labute approximate surface area is 130 Å². The van der Waals surface area contributed by atoms with Crippen LogP contribution in [0, 0.1) is 0 Å². The molecule has 0 spiro atoms. The molecule has 0 atom stereocenters. The Bertz CT molecular complexity index is 748. The van der Waals surface area contributed by atoms with Gasteiger partial charge in [0.1, 0.15) is 5.52 Å². The van der Waals surface area contributed by atoms with Gasteiger partial charge in [0, 0.05) is 0 Å². The van der Waals surface area contributed by atoms with Gasteiger partial charge in [-0.2, -0.15) is 0 Å². The van der Waals surface area contributed by atoms with Crippen LogP contribution in [0.25, 0.3) is 11.1 Å². The second kappa shape index (κ2) is 6.26. The van der Waals surface area contributed by atoms with Crippen molar-refractivity contribution in [2.24, 2.45) is 0 Å². The van der Waals surface area contributed by atoms with Crippen LogP contribution in [0.1, 0.15) is 32.1 Å². The maximum absolute atomic E-state index is 11.8. The Hall–Kier alpha value is -1.60. The molecule has 3 rings (SSSR count). The minimum Gasteiger partial charge on any atom is -0.439 e. The lowest BCUT2D eigenvalue weighted by Crippen LogP contribution is -2.18. The number of nitrogens with one attached hydrogen (secondary N) is 1. The summed E-state index contributed by atoms with van der Waals surface area (Å²) in [7, 11) is -3.28. The Morgan fingerprint density at radius 3 is 2.82 bits per heavy atom. The van der Waals surface area contributed by atoms with E-state index in [1.165, 1.54) is 12.8 Å². The number of likely N-dealkylation sites (tertiary alicyclic amines) is 1. The summed E-state index contributed by atoms with van der Waals surface area (Å²) in [5.41, 5.74) is 1.90. The lowest BCUT2D eigenvalue weighted by atomic mass is 10.3. The molecule has 0 unspecified atom stereocenters. The van der Waals surface area contributed by atoms with Crippen molar-refractivity contribution < 1.29 is 12.8 Å². The van der Waals surface area contributed by atoms with E-state index in [1.54, 1.807) is 18.2 Å². The molecule has 0 radical (unpaired) electrons. The van der Waals surface area contributed by atoms with Gasteiger partial charge in [-0.1, -0.05) is 6.92 Å². The summed E-state index contributed by atoms with van der Waals surface area (Å²) in [6.45, 7) is 4.72. The maximum Gasteiger partial charge on any atom is 0.232 e. The number of hydrogen-bond acceptors (Lipinski definition) is 5. The number of aromatic nitrogens is 1. The first-order valence-electron chi connectivity index (χ1n) is 7.68. The molecule has 6 nitrogen and oxygen atoms in total. The van der Waals surface area contributed by atoms with Gasteiger partial charge in [0.05, 0.1) is 18.0 Å². The molecule has 1 aliphatic rings. The molecule has 0 bridgehead atoms. The molecule has 1 N–H and O–H groups in total. The fourth-order valence-electron chi connectivity index (χ4n) is 2.74. The molecule has 1 aromatic carbocycles. The Balaban J connectivity index is 1.77. The van der Waals surface area contributed by atoms with Gasteiger partial charge < -0.3 is 4.42 Å². The molecule has 0 amide bonds. The van der Waals surface area contributed by atoms with Gasteiger partial charge in [-0.15, -0.1) is 0 Å². The molecule has 1 aromatic heterocycles. The fourth-order valence-corrected chi connectivity index (χ4v) is 3.86. The van der Waals surface area contributed by atoms with Gasteiger partial charge in [0.2, 0.25) is 15.9 Å². The average Bonchev–Trinajstić information content (AvgIpc) is 3.07. The molecule has 2 aromatic rings. The number of oxazole rings is 1. The third-order valence-electron chi connectivity index (χ3n) is 3.74. The Morgan fingerprint density at radius 1 is 1.32 bits per heavy atom. The normalized spacial score (nSPS) is 16.4. The van der Waals surface area contributed by atoms with Crippen LogP contribution >= 0.6 is 0 Å². The molecule has 120 valence electrons. The summed E-state index contributed by atoms with van der Waals surface area (Å²) in [6.07, 6.45) is 3.04. The summed E-state index contributed by atoms with van der Waals surface area (Å²) < 4.78 is 31.9. The third kappa shape index (κ3) is 3.59. The zero-order valence-corrected chi connectivity index (χ0v) is 13.5. The largest absolute Gasteiger partial charge is 0.439 e. The van der Waals surface area contributed by atoms with E-state index in [0.717, 1.165) is 13.1 Å². The Morgan fingerprint density at radius 2 is 2.09 bits per heavy atom. The third-order valence-corrected chi connectivity index (χ3v) is 5.23. The number of nitrogens with zero attached hydrogens (tertiary/aromatic N) is 2. The molecule has 1 aliphatic heterocycles. The highest BCUT2D eigenvalue weighted by molar-refractivity contribution is 7.92. The van der Waals surface area contributed by atoms with Crippen LogP contribution in [-0.2, 0) is 16.6 Å². The molecule has 0 aliphatic carbocycles. The predicted octanol–water partition coefficient (Wildman–Crippen LogP) is 2.58. The highest BCUT2D eigenvalue weighted by Crippen LogP contribution is 2.22. The average molecular weight is 323 g/mol.